The number of aryl methyl sites for hydroxylation is 1. The molecule has 0 atom stereocenters. The van der Waals surface area contributed by atoms with Crippen LogP contribution < -0.4 is 4.90 Å². The van der Waals surface area contributed by atoms with Crippen molar-refractivity contribution in [1.29, 1.82) is 0 Å². The van der Waals surface area contributed by atoms with Crippen molar-refractivity contribution >= 4 is 75.3 Å². The number of nitrogens with zero attached hydrogens (tertiary/aromatic N) is 1. The van der Waals surface area contributed by atoms with E-state index in [1.807, 2.05) is 13.8 Å². The predicted octanol–water partition coefficient (Wildman–Crippen LogP) is 18.5. The SMILES string of the molecule is CC.CC(C)C.CCCC.CCc1ccc(/C=C/c2ccc(N(c3ccc(/C=C/c4ccc(SC)cc4)cc3)c3ccc(/C=C/c4ccc(S(C)(C)C)cc4)cc3)cc2)cc1. The third-order valence-electron chi connectivity index (χ3n) is 9.45. The van der Waals surface area contributed by atoms with Gasteiger partial charge in [-0.2, -0.15) is 0 Å². The number of hydrogen-bond donors (Lipinski definition) is 0. The van der Waals surface area contributed by atoms with Crippen LogP contribution in [0.4, 0.5) is 17.1 Å². The van der Waals surface area contributed by atoms with Gasteiger partial charge in [0.25, 0.3) is 0 Å². The van der Waals surface area contributed by atoms with Crippen LogP contribution in [-0.2, 0) is 6.42 Å². The van der Waals surface area contributed by atoms with Crippen molar-refractivity contribution in [2.45, 2.75) is 84.4 Å². The lowest BCUT2D eigenvalue weighted by Crippen LogP contribution is -2.09. The maximum atomic E-state index is 2.33. The quantitative estimate of drug-likeness (QED) is 0.0841. The van der Waals surface area contributed by atoms with Crippen LogP contribution in [-0.4, -0.2) is 25.0 Å². The van der Waals surface area contributed by atoms with Gasteiger partial charge in [-0.15, -0.1) is 11.8 Å². The smallest absolute Gasteiger partial charge is 0.0462 e. The van der Waals surface area contributed by atoms with Gasteiger partial charge in [0, 0.05) is 22.0 Å². The number of rotatable bonds is 13. The Morgan fingerprint density at radius 2 is 0.705 bits per heavy atom. The number of anilines is 3. The zero-order chi connectivity index (χ0) is 44.6. The van der Waals surface area contributed by atoms with Crippen molar-refractivity contribution in [2.75, 3.05) is 29.9 Å². The second-order valence-corrected chi connectivity index (χ2v) is 21.1. The molecule has 3 heteroatoms. The van der Waals surface area contributed by atoms with E-state index in [0.717, 1.165) is 35.0 Å². The van der Waals surface area contributed by atoms with Gasteiger partial charge in [-0.25, -0.2) is 10.0 Å². The fraction of sp³-hybridized carbons (Fsp3) is 0.276. The van der Waals surface area contributed by atoms with Crippen molar-refractivity contribution in [3.05, 3.63) is 185 Å². The fourth-order valence-corrected chi connectivity index (χ4v) is 7.16. The summed E-state index contributed by atoms with van der Waals surface area (Å²) < 4.78 is 0. The summed E-state index contributed by atoms with van der Waals surface area (Å²) in [6.07, 6.45) is 25.9. The summed E-state index contributed by atoms with van der Waals surface area (Å²) in [5, 5.41) is 0. The number of thioether (sulfide) groups is 1. The van der Waals surface area contributed by atoms with Gasteiger partial charge in [-0.3, -0.25) is 0 Å². The van der Waals surface area contributed by atoms with E-state index in [4.69, 9.17) is 0 Å². The van der Waals surface area contributed by atoms with Crippen LogP contribution in [0.3, 0.4) is 0 Å². The van der Waals surface area contributed by atoms with E-state index in [9.17, 15) is 0 Å². The molecule has 322 valence electrons. The van der Waals surface area contributed by atoms with E-state index in [-0.39, 0.29) is 0 Å². The third kappa shape index (κ3) is 17.9. The Morgan fingerprint density at radius 1 is 0.443 bits per heavy atom. The summed E-state index contributed by atoms with van der Waals surface area (Å²) in [4.78, 5) is 5.03. The molecule has 0 fully saturated rings. The van der Waals surface area contributed by atoms with Gasteiger partial charge in [0.05, 0.1) is 0 Å². The lowest BCUT2D eigenvalue weighted by Gasteiger charge is -2.26. The number of benzene rings is 6. The van der Waals surface area contributed by atoms with Crippen molar-refractivity contribution in [1.82, 2.24) is 0 Å². The molecule has 6 aromatic rings. The second-order valence-electron chi connectivity index (χ2n) is 16.1. The highest BCUT2D eigenvalue weighted by Crippen LogP contribution is 2.45. The molecule has 0 saturated heterocycles. The van der Waals surface area contributed by atoms with Crippen molar-refractivity contribution in [3.63, 3.8) is 0 Å². The minimum atomic E-state index is -0.720. The average molecular weight is 848 g/mol. The normalized spacial score (nSPS) is 11.4. The van der Waals surface area contributed by atoms with Crippen LogP contribution in [0.2, 0.25) is 0 Å². The predicted molar refractivity (Wildman–Crippen MR) is 284 cm³/mol. The van der Waals surface area contributed by atoms with E-state index >= 15 is 0 Å². The first kappa shape index (κ1) is 50.4. The molecule has 0 aliphatic carbocycles. The second kappa shape index (κ2) is 27.1. The highest BCUT2D eigenvalue weighted by Gasteiger charge is 2.13. The minimum absolute atomic E-state index is 0.720. The maximum absolute atomic E-state index is 2.33. The van der Waals surface area contributed by atoms with E-state index < -0.39 is 10.0 Å². The molecule has 0 heterocycles. The lowest BCUT2D eigenvalue weighted by molar-refractivity contribution is 0.737. The summed E-state index contributed by atoms with van der Waals surface area (Å²) in [5.41, 5.74) is 11.8. The molecule has 0 N–H and O–H groups in total. The van der Waals surface area contributed by atoms with Gasteiger partial charge in [0.15, 0.2) is 0 Å². The van der Waals surface area contributed by atoms with E-state index in [1.165, 1.54) is 56.0 Å². The first-order chi connectivity index (χ1) is 29.4. The molecule has 1 nitrogen and oxygen atoms in total. The van der Waals surface area contributed by atoms with Gasteiger partial charge >= 0.3 is 0 Å². The fourth-order valence-electron chi connectivity index (χ4n) is 5.79. The van der Waals surface area contributed by atoms with Gasteiger partial charge in [0.2, 0.25) is 0 Å². The van der Waals surface area contributed by atoms with Crippen molar-refractivity contribution < 1.29 is 0 Å². The molecule has 0 aliphatic rings. The Labute approximate surface area is 378 Å². The highest BCUT2D eigenvalue weighted by atomic mass is 32.3. The molecule has 0 aromatic heterocycles. The number of unbranched alkanes of at least 4 members (excludes halogenated alkanes) is 1. The van der Waals surface area contributed by atoms with Gasteiger partial charge in [0.1, 0.15) is 0 Å². The van der Waals surface area contributed by atoms with Gasteiger partial charge in [-0.1, -0.05) is 190 Å². The molecule has 61 heavy (non-hydrogen) atoms. The van der Waals surface area contributed by atoms with Crippen LogP contribution >= 0.6 is 21.8 Å². The first-order valence-electron chi connectivity index (χ1n) is 22.1. The zero-order valence-corrected chi connectivity index (χ0v) is 40.9. The van der Waals surface area contributed by atoms with Crippen molar-refractivity contribution in [3.8, 4) is 0 Å². The van der Waals surface area contributed by atoms with E-state index in [1.54, 1.807) is 11.8 Å². The van der Waals surface area contributed by atoms with Crippen LogP contribution in [0.25, 0.3) is 36.5 Å². The molecule has 0 amide bonds. The summed E-state index contributed by atoms with van der Waals surface area (Å²) in [7, 11) is -0.720. The maximum Gasteiger partial charge on any atom is 0.0462 e. The Balaban J connectivity index is 0.000000901. The minimum Gasteiger partial charge on any atom is -0.311 e. The Morgan fingerprint density at radius 3 is 0.951 bits per heavy atom. The molecular weight excluding hydrogens is 775 g/mol. The van der Waals surface area contributed by atoms with Gasteiger partial charge in [-0.05, 0) is 142 Å². The Hall–Kier alpha value is -4.96. The highest BCUT2D eigenvalue weighted by molar-refractivity contribution is 8.32. The average Bonchev–Trinajstić information content (AvgIpc) is 3.29. The molecule has 6 rings (SSSR count). The van der Waals surface area contributed by atoms with Crippen LogP contribution in [0.15, 0.2) is 155 Å². The van der Waals surface area contributed by atoms with E-state index in [0.29, 0.717) is 0 Å². The molecule has 6 aromatic carbocycles. The Kier molecular flexibility index (Phi) is 22.4. The zero-order valence-electron chi connectivity index (χ0n) is 39.3. The molecule has 0 aliphatic heterocycles. The monoisotopic (exact) mass is 848 g/mol. The lowest BCUT2D eigenvalue weighted by atomic mass is 10.1. The van der Waals surface area contributed by atoms with E-state index in [2.05, 4.69) is 254 Å². The summed E-state index contributed by atoms with van der Waals surface area (Å²) in [5.74, 6) is 0.833. The van der Waals surface area contributed by atoms with Crippen molar-refractivity contribution in [2.24, 2.45) is 5.92 Å². The summed E-state index contributed by atoms with van der Waals surface area (Å²) in [6.45, 7) is 17.0. The number of hydrogen-bond acceptors (Lipinski definition) is 2. The molecular formula is C58H73NS2. The topological polar surface area (TPSA) is 3.24 Å². The molecule has 0 radical (unpaired) electrons. The third-order valence-corrected chi connectivity index (χ3v) is 11.9. The van der Waals surface area contributed by atoms with Crippen LogP contribution in [0.5, 0.6) is 0 Å². The standard InChI is InChI=1S/C48H47NS2.2C4H10.C2H6/c1-6-37-7-9-38(10-8-37)11-12-39-17-27-44(28-18-39)49(45-29-19-40(20-30-45)13-15-42-23-33-47(50-2)34-24-42)46-31-21-41(22-32-46)14-16-43-25-35-48(36-26-43)51(3,4)5;1-4(2)3;1-3-4-2;1-2/h7-36H,6H2,1-5H3;4H,1-3H3;3-4H2,1-2H3;1-2H3/b12-11+,15-13+,16-14+;;;. The molecule has 0 unspecified atom stereocenters. The summed E-state index contributed by atoms with van der Waals surface area (Å²) in [6, 6.07) is 52.9. The Bertz CT molecular complexity index is 2060. The molecule has 0 saturated carbocycles. The van der Waals surface area contributed by atoms with Crippen LogP contribution in [0.1, 0.15) is 107 Å². The summed E-state index contributed by atoms with van der Waals surface area (Å²) >= 11 is 1.76. The first-order valence-corrected chi connectivity index (χ1v) is 26.2. The van der Waals surface area contributed by atoms with Crippen LogP contribution in [0, 0.1) is 5.92 Å². The van der Waals surface area contributed by atoms with Gasteiger partial charge < -0.3 is 4.90 Å². The molecule has 0 bridgehead atoms. The largest absolute Gasteiger partial charge is 0.311 e. The molecule has 0 spiro atoms.